The molecule has 1 N–H and O–H groups in total. The Morgan fingerprint density at radius 1 is 1.27 bits per heavy atom. The van der Waals surface area contributed by atoms with E-state index in [4.69, 9.17) is 16.6 Å². The first-order chi connectivity index (χ1) is 12.6. The molecule has 0 spiro atoms. The number of carbonyl (C=O) groups excluding carboxylic acids is 1. The lowest BCUT2D eigenvalue weighted by Crippen LogP contribution is -2.24. The summed E-state index contributed by atoms with van der Waals surface area (Å²) in [5, 5.41) is 4.49. The number of hydrogen-bond donors (Lipinski definition) is 1. The summed E-state index contributed by atoms with van der Waals surface area (Å²) in [5.74, 6) is 0.225. The predicted octanol–water partition coefficient (Wildman–Crippen LogP) is 4.38. The van der Waals surface area contributed by atoms with Gasteiger partial charge in [-0.25, -0.2) is 9.37 Å². The summed E-state index contributed by atoms with van der Waals surface area (Å²) in [7, 11) is 0. The largest absolute Gasteiger partial charge is 0.346 e. The number of benzene rings is 2. The minimum absolute atomic E-state index is 0.300. The van der Waals surface area contributed by atoms with E-state index in [-0.39, 0.29) is 5.91 Å². The number of imidazole rings is 1. The second kappa shape index (κ2) is 7.13. The zero-order valence-electron chi connectivity index (χ0n) is 13.7. The minimum atomic E-state index is -0.429. The van der Waals surface area contributed by atoms with Crippen LogP contribution in [-0.2, 0) is 13.1 Å². The summed E-state index contributed by atoms with van der Waals surface area (Å²) < 4.78 is 15.5. The van der Waals surface area contributed by atoms with Crippen molar-refractivity contribution in [3.8, 4) is 11.3 Å². The number of fused-ring (bicyclic) bond motifs is 1. The highest BCUT2D eigenvalue weighted by molar-refractivity contribution is 7.99. The molecule has 0 saturated carbocycles. The second-order valence-electron chi connectivity index (χ2n) is 5.89. The van der Waals surface area contributed by atoms with E-state index in [0.29, 0.717) is 17.1 Å². The van der Waals surface area contributed by atoms with E-state index >= 15 is 0 Å². The Morgan fingerprint density at radius 2 is 2.08 bits per heavy atom. The molecule has 2 aromatic carbocycles. The van der Waals surface area contributed by atoms with E-state index in [1.165, 1.54) is 18.2 Å². The number of thioether (sulfide) groups is 1. The van der Waals surface area contributed by atoms with Crippen molar-refractivity contribution >= 4 is 29.3 Å². The van der Waals surface area contributed by atoms with Gasteiger partial charge in [0.1, 0.15) is 5.82 Å². The van der Waals surface area contributed by atoms with E-state index in [1.807, 2.05) is 24.3 Å². The maximum absolute atomic E-state index is 13.3. The van der Waals surface area contributed by atoms with Crippen LogP contribution in [0.5, 0.6) is 0 Å². The standard InChI is InChI=1S/C19H15ClFN3OS/c20-14-6-4-12(5-7-14)17-16(24-8-9-26-19(24)23-17)11-22-18(25)13-2-1-3-15(21)10-13/h1-7,10H,8-9,11H2,(H,22,25). The van der Waals surface area contributed by atoms with Crippen molar-refractivity contribution in [2.75, 3.05) is 5.75 Å². The number of aromatic nitrogens is 2. The normalized spacial score (nSPS) is 12.8. The minimum Gasteiger partial charge on any atom is -0.346 e. The molecule has 0 aliphatic carbocycles. The molecule has 0 fully saturated rings. The average molecular weight is 388 g/mol. The van der Waals surface area contributed by atoms with Gasteiger partial charge < -0.3 is 9.88 Å². The van der Waals surface area contributed by atoms with Gasteiger partial charge in [0.25, 0.3) is 5.91 Å². The quantitative estimate of drug-likeness (QED) is 0.722. The molecule has 3 aromatic rings. The highest BCUT2D eigenvalue weighted by atomic mass is 35.5. The first kappa shape index (κ1) is 17.1. The Balaban J connectivity index is 1.61. The third-order valence-electron chi connectivity index (χ3n) is 4.20. The summed E-state index contributed by atoms with van der Waals surface area (Å²) >= 11 is 7.68. The number of hydrogen-bond acceptors (Lipinski definition) is 3. The molecular formula is C19H15ClFN3OS. The van der Waals surface area contributed by atoms with Crippen LogP contribution in [-0.4, -0.2) is 21.2 Å². The van der Waals surface area contributed by atoms with Crippen molar-refractivity contribution in [2.24, 2.45) is 0 Å². The van der Waals surface area contributed by atoms with Crippen molar-refractivity contribution in [2.45, 2.75) is 18.2 Å². The summed E-state index contributed by atoms with van der Waals surface area (Å²) in [6.45, 7) is 1.17. The molecule has 132 valence electrons. The zero-order chi connectivity index (χ0) is 18.1. The van der Waals surface area contributed by atoms with Gasteiger partial charge in [0, 0.05) is 28.4 Å². The molecular weight excluding hydrogens is 373 g/mol. The van der Waals surface area contributed by atoms with Gasteiger partial charge in [-0.05, 0) is 30.3 Å². The second-order valence-corrected chi connectivity index (χ2v) is 7.39. The Bertz CT molecular complexity index is 971. The van der Waals surface area contributed by atoms with Crippen LogP contribution in [0.2, 0.25) is 5.02 Å². The maximum atomic E-state index is 13.3. The highest BCUT2D eigenvalue weighted by Gasteiger charge is 2.23. The summed E-state index contributed by atoms with van der Waals surface area (Å²) in [4.78, 5) is 17.1. The molecule has 1 aliphatic rings. The average Bonchev–Trinajstić information content (AvgIpc) is 3.22. The van der Waals surface area contributed by atoms with Crippen molar-refractivity contribution in [3.05, 3.63) is 70.6 Å². The molecule has 1 aliphatic heterocycles. The van der Waals surface area contributed by atoms with E-state index < -0.39 is 5.82 Å². The fourth-order valence-electron chi connectivity index (χ4n) is 2.95. The maximum Gasteiger partial charge on any atom is 0.251 e. The van der Waals surface area contributed by atoms with Gasteiger partial charge in [0.05, 0.1) is 17.9 Å². The molecule has 0 saturated heterocycles. The van der Waals surface area contributed by atoms with Gasteiger partial charge in [-0.2, -0.15) is 0 Å². The molecule has 7 heteroatoms. The molecule has 1 aromatic heterocycles. The first-order valence-corrected chi connectivity index (χ1v) is 9.50. The summed E-state index contributed by atoms with van der Waals surface area (Å²) in [6.07, 6.45) is 0. The Morgan fingerprint density at radius 3 is 2.85 bits per heavy atom. The topological polar surface area (TPSA) is 46.9 Å². The first-order valence-electron chi connectivity index (χ1n) is 8.14. The predicted molar refractivity (Wildman–Crippen MR) is 101 cm³/mol. The number of nitrogens with one attached hydrogen (secondary N) is 1. The van der Waals surface area contributed by atoms with E-state index in [1.54, 1.807) is 17.8 Å². The Kier molecular flexibility index (Phi) is 4.70. The number of nitrogens with zero attached hydrogens (tertiary/aromatic N) is 2. The zero-order valence-corrected chi connectivity index (χ0v) is 15.3. The van der Waals surface area contributed by atoms with Crippen molar-refractivity contribution in [1.29, 1.82) is 0 Å². The van der Waals surface area contributed by atoms with Gasteiger partial charge in [-0.3, -0.25) is 4.79 Å². The molecule has 4 nitrogen and oxygen atoms in total. The van der Waals surface area contributed by atoms with Gasteiger partial charge in [0.2, 0.25) is 0 Å². The lowest BCUT2D eigenvalue weighted by Gasteiger charge is -2.10. The van der Waals surface area contributed by atoms with Crippen LogP contribution in [0, 0.1) is 5.82 Å². The SMILES string of the molecule is O=C(NCc1c(-c2ccc(Cl)cc2)nc2n1CCS2)c1cccc(F)c1. The molecule has 0 radical (unpaired) electrons. The number of rotatable bonds is 4. The fourth-order valence-corrected chi connectivity index (χ4v) is 4.04. The molecule has 4 rings (SSSR count). The highest BCUT2D eigenvalue weighted by Crippen LogP contribution is 2.33. The van der Waals surface area contributed by atoms with Crippen LogP contribution in [0.1, 0.15) is 16.1 Å². The third kappa shape index (κ3) is 3.34. The summed E-state index contributed by atoms with van der Waals surface area (Å²) in [5.41, 5.74) is 3.03. The third-order valence-corrected chi connectivity index (χ3v) is 5.41. The molecule has 0 bridgehead atoms. The van der Waals surface area contributed by atoms with Gasteiger partial charge >= 0.3 is 0 Å². The molecule has 2 heterocycles. The van der Waals surface area contributed by atoms with Gasteiger partial charge in [-0.15, -0.1) is 0 Å². The van der Waals surface area contributed by atoms with Crippen LogP contribution < -0.4 is 5.32 Å². The van der Waals surface area contributed by atoms with Crippen LogP contribution in [0.4, 0.5) is 4.39 Å². The van der Waals surface area contributed by atoms with E-state index in [0.717, 1.165) is 34.4 Å². The lowest BCUT2D eigenvalue weighted by molar-refractivity contribution is 0.0949. The molecule has 26 heavy (non-hydrogen) atoms. The number of amides is 1. The molecule has 0 atom stereocenters. The monoisotopic (exact) mass is 387 g/mol. The van der Waals surface area contributed by atoms with Crippen molar-refractivity contribution in [3.63, 3.8) is 0 Å². The van der Waals surface area contributed by atoms with Gasteiger partial charge in [-0.1, -0.05) is 41.6 Å². The summed E-state index contributed by atoms with van der Waals surface area (Å²) in [6, 6.07) is 13.1. The van der Waals surface area contributed by atoms with E-state index in [9.17, 15) is 9.18 Å². The van der Waals surface area contributed by atoms with Crippen LogP contribution in [0.25, 0.3) is 11.3 Å². The Hall–Kier alpha value is -2.31. The number of carbonyl (C=O) groups is 1. The van der Waals surface area contributed by atoms with Crippen LogP contribution >= 0.6 is 23.4 Å². The van der Waals surface area contributed by atoms with Crippen molar-refractivity contribution in [1.82, 2.24) is 14.9 Å². The molecule has 0 unspecified atom stereocenters. The lowest BCUT2D eigenvalue weighted by atomic mass is 10.1. The van der Waals surface area contributed by atoms with Crippen LogP contribution in [0.15, 0.2) is 53.7 Å². The van der Waals surface area contributed by atoms with E-state index in [2.05, 4.69) is 9.88 Å². The molecule has 1 amide bonds. The smallest absolute Gasteiger partial charge is 0.251 e. The Labute approximate surface area is 159 Å². The number of halogens is 2. The van der Waals surface area contributed by atoms with Gasteiger partial charge in [0.15, 0.2) is 5.16 Å². The van der Waals surface area contributed by atoms with Crippen molar-refractivity contribution < 1.29 is 9.18 Å². The van der Waals surface area contributed by atoms with Crippen LogP contribution in [0.3, 0.4) is 0 Å². The fraction of sp³-hybridized carbons (Fsp3) is 0.158.